The Morgan fingerprint density at radius 1 is 0.763 bits per heavy atom. The normalized spacial score (nSPS) is 13.2. The largest absolute Gasteiger partial charge is 0.378 e. The zero-order valence-electron chi connectivity index (χ0n) is 21.0. The summed E-state index contributed by atoms with van der Waals surface area (Å²) < 4.78 is 6.27. The van der Waals surface area contributed by atoms with Crippen molar-refractivity contribution in [3.8, 4) is 11.1 Å². The molecule has 1 heterocycles. The summed E-state index contributed by atoms with van der Waals surface area (Å²) in [6.07, 6.45) is 0. The average molecular weight is 570 g/mol. The Balaban J connectivity index is 1.26. The molecule has 6 nitrogen and oxygen atoms in total. The van der Waals surface area contributed by atoms with Crippen molar-refractivity contribution in [3.05, 3.63) is 112 Å². The maximum absolute atomic E-state index is 13.0. The van der Waals surface area contributed by atoms with Gasteiger partial charge in [0.2, 0.25) is 0 Å². The van der Waals surface area contributed by atoms with Gasteiger partial charge in [-0.3, -0.25) is 9.59 Å². The second-order valence-corrected chi connectivity index (χ2v) is 10.1. The van der Waals surface area contributed by atoms with Crippen LogP contribution < -0.4 is 15.5 Å². The summed E-state index contributed by atoms with van der Waals surface area (Å²) in [5.41, 5.74) is 6.72. The molecule has 0 aromatic heterocycles. The molecule has 2 N–H and O–H groups in total. The molecule has 0 radical (unpaired) electrons. The van der Waals surface area contributed by atoms with E-state index in [0.717, 1.165) is 58.8 Å². The molecule has 0 spiro atoms. The highest BCUT2D eigenvalue weighted by molar-refractivity contribution is 9.10. The number of nitrogens with one attached hydrogen (secondary N) is 2. The van der Waals surface area contributed by atoms with Gasteiger partial charge in [-0.05, 0) is 90.3 Å². The molecule has 0 saturated carbocycles. The Hall–Kier alpha value is -3.94. The molecule has 7 heteroatoms. The lowest BCUT2D eigenvalue weighted by Gasteiger charge is -2.28. The third-order valence-electron chi connectivity index (χ3n) is 6.54. The van der Waals surface area contributed by atoms with Crippen LogP contribution in [0.5, 0.6) is 0 Å². The molecule has 1 aliphatic rings. The van der Waals surface area contributed by atoms with Crippen molar-refractivity contribution in [2.24, 2.45) is 0 Å². The lowest BCUT2D eigenvalue weighted by Crippen LogP contribution is -2.36. The van der Waals surface area contributed by atoms with E-state index in [0.29, 0.717) is 16.8 Å². The zero-order valence-corrected chi connectivity index (χ0v) is 22.6. The van der Waals surface area contributed by atoms with Crippen molar-refractivity contribution in [2.75, 3.05) is 41.8 Å². The van der Waals surface area contributed by atoms with E-state index in [-0.39, 0.29) is 11.8 Å². The number of ether oxygens (including phenoxy) is 1. The molecule has 1 fully saturated rings. The predicted octanol–water partition coefficient (Wildman–Crippen LogP) is 6.77. The van der Waals surface area contributed by atoms with Crippen molar-refractivity contribution < 1.29 is 14.3 Å². The molecule has 38 heavy (non-hydrogen) atoms. The number of hydrogen-bond donors (Lipinski definition) is 2. The fraction of sp³-hybridized carbons (Fsp3) is 0.161. The van der Waals surface area contributed by atoms with E-state index in [9.17, 15) is 9.59 Å². The molecule has 1 aliphatic heterocycles. The third kappa shape index (κ3) is 6.13. The number of carbonyl (C=O) groups excluding carboxylic acids is 2. The number of halogens is 1. The van der Waals surface area contributed by atoms with Gasteiger partial charge in [-0.25, -0.2) is 0 Å². The number of anilines is 3. The summed E-state index contributed by atoms with van der Waals surface area (Å²) >= 11 is 3.40. The Morgan fingerprint density at radius 3 is 2.00 bits per heavy atom. The fourth-order valence-electron chi connectivity index (χ4n) is 4.42. The number of carbonyl (C=O) groups is 2. The minimum atomic E-state index is -0.174. The minimum Gasteiger partial charge on any atom is -0.378 e. The monoisotopic (exact) mass is 569 g/mol. The molecular formula is C31H28BrN3O3. The number of morpholine rings is 1. The molecular weight excluding hydrogens is 542 g/mol. The van der Waals surface area contributed by atoms with Gasteiger partial charge in [0.15, 0.2) is 0 Å². The van der Waals surface area contributed by atoms with Gasteiger partial charge in [0.1, 0.15) is 0 Å². The first-order valence-electron chi connectivity index (χ1n) is 12.5. The van der Waals surface area contributed by atoms with E-state index in [2.05, 4.69) is 31.5 Å². The third-order valence-corrected chi connectivity index (χ3v) is 7.03. The molecule has 0 atom stereocenters. The lowest BCUT2D eigenvalue weighted by molar-refractivity contribution is 0.101. The van der Waals surface area contributed by atoms with E-state index in [4.69, 9.17) is 4.74 Å². The first kappa shape index (κ1) is 25.7. The van der Waals surface area contributed by atoms with Gasteiger partial charge in [0.05, 0.1) is 13.2 Å². The van der Waals surface area contributed by atoms with Gasteiger partial charge < -0.3 is 20.3 Å². The SMILES string of the molecule is Cc1ccc(C(=O)Nc2ccc(N3CCOCC3)cc2)cc1-c1ccc(NC(=O)c2cccc(Br)c2)cc1. The molecule has 0 unspecified atom stereocenters. The number of rotatable bonds is 6. The van der Waals surface area contributed by atoms with Crippen molar-refractivity contribution in [1.82, 2.24) is 0 Å². The van der Waals surface area contributed by atoms with E-state index in [1.54, 1.807) is 12.1 Å². The lowest BCUT2D eigenvalue weighted by atomic mass is 9.97. The molecule has 1 saturated heterocycles. The summed E-state index contributed by atoms with van der Waals surface area (Å²) in [7, 11) is 0. The summed E-state index contributed by atoms with van der Waals surface area (Å²) in [6.45, 7) is 5.23. The van der Waals surface area contributed by atoms with Gasteiger partial charge in [0, 0.05) is 45.8 Å². The smallest absolute Gasteiger partial charge is 0.255 e. The average Bonchev–Trinajstić information content (AvgIpc) is 2.94. The number of aryl methyl sites for hydroxylation is 1. The number of amides is 2. The Labute approximate surface area is 230 Å². The van der Waals surface area contributed by atoms with Crippen LogP contribution in [-0.4, -0.2) is 38.1 Å². The maximum Gasteiger partial charge on any atom is 0.255 e. The van der Waals surface area contributed by atoms with E-state index in [1.807, 2.05) is 85.8 Å². The zero-order chi connectivity index (χ0) is 26.5. The van der Waals surface area contributed by atoms with Crippen LogP contribution in [0.25, 0.3) is 11.1 Å². The van der Waals surface area contributed by atoms with Gasteiger partial charge >= 0.3 is 0 Å². The topological polar surface area (TPSA) is 70.7 Å². The summed E-state index contributed by atoms with van der Waals surface area (Å²) in [5, 5.41) is 5.93. The van der Waals surface area contributed by atoms with E-state index >= 15 is 0 Å². The van der Waals surface area contributed by atoms with Crippen LogP contribution in [0.4, 0.5) is 17.1 Å². The Kier molecular flexibility index (Phi) is 7.86. The second-order valence-electron chi connectivity index (χ2n) is 9.17. The van der Waals surface area contributed by atoms with Crippen LogP contribution in [0, 0.1) is 6.92 Å². The number of benzene rings is 4. The van der Waals surface area contributed by atoms with Crippen LogP contribution in [0.15, 0.2) is 95.5 Å². The molecule has 2 amide bonds. The van der Waals surface area contributed by atoms with Gasteiger partial charge in [-0.2, -0.15) is 0 Å². The van der Waals surface area contributed by atoms with Crippen LogP contribution >= 0.6 is 15.9 Å². The predicted molar refractivity (Wildman–Crippen MR) is 156 cm³/mol. The minimum absolute atomic E-state index is 0.164. The second kappa shape index (κ2) is 11.6. The molecule has 0 aliphatic carbocycles. The quantitative estimate of drug-likeness (QED) is 0.269. The number of hydrogen-bond acceptors (Lipinski definition) is 4. The highest BCUT2D eigenvalue weighted by atomic mass is 79.9. The molecule has 0 bridgehead atoms. The van der Waals surface area contributed by atoms with E-state index in [1.165, 1.54) is 0 Å². The van der Waals surface area contributed by atoms with Crippen LogP contribution in [0.1, 0.15) is 26.3 Å². The highest BCUT2D eigenvalue weighted by Gasteiger charge is 2.13. The summed E-state index contributed by atoms with van der Waals surface area (Å²) in [5.74, 6) is -0.338. The Morgan fingerprint density at radius 2 is 1.37 bits per heavy atom. The summed E-state index contributed by atoms with van der Waals surface area (Å²) in [4.78, 5) is 27.9. The number of nitrogens with zero attached hydrogens (tertiary/aromatic N) is 1. The van der Waals surface area contributed by atoms with Crippen molar-refractivity contribution in [3.63, 3.8) is 0 Å². The first-order chi connectivity index (χ1) is 18.5. The highest BCUT2D eigenvalue weighted by Crippen LogP contribution is 2.27. The van der Waals surface area contributed by atoms with Crippen LogP contribution in [-0.2, 0) is 4.74 Å². The first-order valence-corrected chi connectivity index (χ1v) is 13.3. The molecule has 4 aromatic carbocycles. The van der Waals surface area contributed by atoms with Crippen LogP contribution in [0.2, 0.25) is 0 Å². The van der Waals surface area contributed by atoms with Crippen molar-refractivity contribution in [1.29, 1.82) is 0 Å². The van der Waals surface area contributed by atoms with Gasteiger partial charge in [-0.15, -0.1) is 0 Å². The van der Waals surface area contributed by atoms with Gasteiger partial charge in [0.25, 0.3) is 11.8 Å². The fourth-order valence-corrected chi connectivity index (χ4v) is 4.82. The van der Waals surface area contributed by atoms with Gasteiger partial charge in [-0.1, -0.05) is 40.2 Å². The summed E-state index contributed by atoms with van der Waals surface area (Å²) in [6, 6.07) is 28.5. The molecule has 5 rings (SSSR count). The maximum atomic E-state index is 13.0. The molecule has 4 aromatic rings. The Bertz CT molecular complexity index is 1450. The molecule has 192 valence electrons. The van der Waals surface area contributed by atoms with Crippen LogP contribution in [0.3, 0.4) is 0 Å². The van der Waals surface area contributed by atoms with Crippen molar-refractivity contribution >= 4 is 44.8 Å². The van der Waals surface area contributed by atoms with Crippen molar-refractivity contribution in [2.45, 2.75) is 6.92 Å². The van der Waals surface area contributed by atoms with E-state index < -0.39 is 0 Å². The standard InChI is InChI=1S/C31H28BrN3O3/c1-21-5-6-24(31(37)34-27-11-13-28(14-12-27)35-15-17-38-18-16-35)20-29(21)22-7-9-26(10-8-22)33-30(36)23-3-2-4-25(32)19-23/h2-14,19-20H,15-18H2,1H3,(H,33,36)(H,34,37).